The van der Waals surface area contributed by atoms with Crippen LogP contribution in [0.15, 0.2) is 22.8 Å². The number of likely N-dealkylation sites (tertiary alicyclic amines) is 1. The number of hydrogen-bond acceptors (Lipinski definition) is 5. The summed E-state index contributed by atoms with van der Waals surface area (Å²) < 4.78 is 10.8. The lowest BCUT2D eigenvalue weighted by molar-refractivity contribution is -0.127. The Morgan fingerprint density at radius 1 is 1.07 bits per heavy atom. The normalized spacial score (nSPS) is 23.7. The molecule has 3 aliphatic rings. The van der Waals surface area contributed by atoms with E-state index in [-0.39, 0.29) is 23.3 Å². The summed E-state index contributed by atoms with van der Waals surface area (Å²) in [4.78, 5) is 29.6. The number of rotatable bonds is 5. The molecular formula is C22H33N3O4. The van der Waals surface area contributed by atoms with Crippen molar-refractivity contribution in [3.05, 3.63) is 24.2 Å². The fourth-order valence-electron chi connectivity index (χ4n) is 5.15. The summed E-state index contributed by atoms with van der Waals surface area (Å²) in [5.74, 6) is 0.425. The van der Waals surface area contributed by atoms with Crippen LogP contribution in [-0.4, -0.2) is 73.1 Å². The van der Waals surface area contributed by atoms with Crippen molar-refractivity contribution in [1.29, 1.82) is 0 Å². The first-order valence-corrected chi connectivity index (χ1v) is 11.1. The minimum absolute atomic E-state index is 0.0130. The first-order valence-electron chi connectivity index (χ1n) is 11.1. The van der Waals surface area contributed by atoms with Crippen LogP contribution in [0.2, 0.25) is 0 Å². The van der Waals surface area contributed by atoms with Crippen LogP contribution < -0.4 is 5.32 Å². The van der Waals surface area contributed by atoms with Gasteiger partial charge in [-0.1, -0.05) is 19.3 Å². The predicted molar refractivity (Wildman–Crippen MR) is 109 cm³/mol. The van der Waals surface area contributed by atoms with E-state index >= 15 is 0 Å². The van der Waals surface area contributed by atoms with Crippen molar-refractivity contribution >= 4 is 11.8 Å². The number of nitrogens with one attached hydrogen (secondary N) is 1. The van der Waals surface area contributed by atoms with Crippen molar-refractivity contribution in [2.45, 2.75) is 50.5 Å². The molecule has 0 spiro atoms. The van der Waals surface area contributed by atoms with E-state index in [1.165, 1.54) is 25.5 Å². The Labute approximate surface area is 172 Å². The molecule has 1 aromatic heterocycles. The summed E-state index contributed by atoms with van der Waals surface area (Å²) in [5.41, 5.74) is 0.0909. The van der Waals surface area contributed by atoms with E-state index in [9.17, 15) is 9.59 Å². The molecule has 0 atom stereocenters. The molecule has 1 N–H and O–H groups in total. The van der Waals surface area contributed by atoms with Crippen LogP contribution in [0.5, 0.6) is 0 Å². The highest BCUT2D eigenvalue weighted by atomic mass is 16.5. The first kappa shape index (κ1) is 20.4. The summed E-state index contributed by atoms with van der Waals surface area (Å²) in [5, 5.41) is 3.29. The number of nitrogens with zero attached hydrogens (tertiary/aromatic N) is 2. The summed E-state index contributed by atoms with van der Waals surface area (Å²) in [6.45, 7) is 5.44. The number of carbonyl (C=O) groups excluding carboxylic acids is 2. The molecule has 0 unspecified atom stereocenters. The van der Waals surface area contributed by atoms with Gasteiger partial charge < -0.3 is 19.4 Å². The van der Waals surface area contributed by atoms with Crippen LogP contribution in [0.3, 0.4) is 0 Å². The number of carbonyl (C=O) groups is 2. The second-order valence-corrected chi connectivity index (χ2v) is 8.65. The summed E-state index contributed by atoms with van der Waals surface area (Å²) in [7, 11) is 0. The zero-order chi connectivity index (χ0) is 20.1. The van der Waals surface area contributed by atoms with Crippen molar-refractivity contribution in [2.24, 2.45) is 5.92 Å². The van der Waals surface area contributed by atoms with Gasteiger partial charge in [-0.15, -0.1) is 0 Å². The Morgan fingerprint density at radius 2 is 1.79 bits per heavy atom. The average molecular weight is 404 g/mol. The second-order valence-electron chi connectivity index (χ2n) is 8.65. The summed E-state index contributed by atoms with van der Waals surface area (Å²) >= 11 is 0. The molecule has 7 nitrogen and oxygen atoms in total. The Kier molecular flexibility index (Phi) is 6.55. The maximum Gasteiger partial charge on any atom is 0.289 e. The van der Waals surface area contributed by atoms with Crippen LogP contribution in [0, 0.1) is 5.92 Å². The van der Waals surface area contributed by atoms with E-state index in [0.717, 1.165) is 45.7 Å². The van der Waals surface area contributed by atoms with Gasteiger partial charge in [0.05, 0.1) is 19.5 Å². The van der Waals surface area contributed by atoms with E-state index in [2.05, 4.69) is 10.2 Å². The molecule has 160 valence electrons. The summed E-state index contributed by atoms with van der Waals surface area (Å²) in [6, 6.07) is 3.42. The average Bonchev–Trinajstić information content (AvgIpc) is 3.33. The van der Waals surface area contributed by atoms with Crippen molar-refractivity contribution in [1.82, 2.24) is 15.1 Å². The molecule has 29 heavy (non-hydrogen) atoms. The van der Waals surface area contributed by atoms with Gasteiger partial charge >= 0.3 is 0 Å². The van der Waals surface area contributed by atoms with Gasteiger partial charge in [-0.25, -0.2) is 0 Å². The third-order valence-corrected chi connectivity index (χ3v) is 6.94. The molecule has 0 radical (unpaired) electrons. The minimum Gasteiger partial charge on any atom is -0.459 e. The Balaban J connectivity index is 1.29. The molecule has 4 rings (SSSR count). The van der Waals surface area contributed by atoms with Crippen molar-refractivity contribution in [3.63, 3.8) is 0 Å². The van der Waals surface area contributed by atoms with E-state index in [1.807, 2.05) is 0 Å². The lowest BCUT2D eigenvalue weighted by atomic mass is 9.79. The molecule has 2 aliphatic heterocycles. The van der Waals surface area contributed by atoms with Crippen LogP contribution in [0.1, 0.15) is 55.5 Å². The number of morpholine rings is 1. The Bertz CT molecular complexity index is 670. The fourth-order valence-corrected chi connectivity index (χ4v) is 5.15. The molecule has 0 bridgehead atoms. The maximum atomic E-state index is 12.9. The predicted octanol–water partition coefficient (Wildman–Crippen LogP) is 2.28. The van der Waals surface area contributed by atoms with Gasteiger partial charge in [-0.2, -0.15) is 0 Å². The Morgan fingerprint density at radius 3 is 2.45 bits per heavy atom. The van der Waals surface area contributed by atoms with Crippen molar-refractivity contribution < 1.29 is 18.7 Å². The number of ether oxygens (including phenoxy) is 1. The van der Waals surface area contributed by atoms with Crippen LogP contribution >= 0.6 is 0 Å². The van der Waals surface area contributed by atoms with Crippen LogP contribution in [0.25, 0.3) is 0 Å². The van der Waals surface area contributed by atoms with Gasteiger partial charge in [0.25, 0.3) is 5.91 Å². The third-order valence-electron chi connectivity index (χ3n) is 6.94. The van der Waals surface area contributed by atoms with E-state index in [1.54, 1.807) is 17.0 Å². The van der Waals surface area contributed by atoms with Crippen molar-refractivity contribution in [3.8, 4) is 0 Å². The molecule has 2 saturated heterocycles. The first-order chi connectivity index (χ1) is 14.2. The molecule has 1 aromatic rings. The van der Waals surface area contributed by atoms with Gasteiger partial charge in [0.2, 0.25) is 5.91 Å². The lowest BCUT2D eigenvalue weighted by Gasteiger charge is -2.48. The highest BCUT2D eigenvalue weighted by Gasteiger charge is 2.39. The second kappa shape index (κ2) is 9.30. The van der Waals surface area contributed by atoms with Gasteiger partial charge in [-0.05, 0) is 37.8 Å². The quantitative estimate of drug-likeness (QED) is 0.816. The molecule has 1 aliphatic carbocycles. The number of amides is 2. The van der Waals surface area contributed by atoms with E-state index in [4.69, 9.17) is 9.15 Å². The zero-order valence-corrected chi connectivity index (χ0v) is 17.2. The van der Waals surface area contributed by atoms with Crippen LogP contribution in [0.4, 0.5) is 0 Å². The van der Waals surface area contributed by atoms with Gasteiger partial charge in [-0.3, -0.25) is 14.5 Å². The summed E-state index contributed by atoms with van der Waals surface area (Å²) in [6.07, 6.45) is 9.02. The molecule has 3 heterocycles. The smallest absolute Gasteiger partial charge is 0.289 e. The minimum atomic E-state index is -0.0812. The molecule has 2 amide bonds. The van der Waals surface area contributed by atoms with Gasteiger partial charge in [0, 0.05) is 44.2 Å². The fraction of sp³-hybridized carbons (Fsp3) is 0.727. The number of piperidine rings is 1. The number of hydrogen-bond donors (Lipinski definition) is 1. The highest BCUT2D eigenvalue weighted by Crippen LogP contribution is 2.34. The largest absolute Gasteiger partial charge is 0.459 e. The Hall–Kier alpha value is -1.86. The van der Waals surface area contributed by atoms with Gasteiger partial charge in [0.15, 0.2) is 5.76 Å². The monoisotopic (exact) mass is 403 g/mol. The molecule has 0 aromatic carbocycles. The molecular weight excluding hydrogens is 370 g/mol. The lowest BCUT2D eigenvalue weighted by Crippen LogP contribution is -2.60. The standard InChI is InChI=1S/C22H33N3O4/c26-20(18-6-10-24(11-7-18)21(27)19-5-4-14-29-19)23-17-22(8-2-1-3-9-22)25-12-15-28-16-13-25/h4-5,14,18H,1-3,6-13,15-17H2,(H,23,26). The molecule has 7 heteroatoms. The maximum absolute atomic E-state index is 12.9. The van der Waals surface area contributed by atoms with E-state index < -0.39 is 0 Å². The molecule has 3 fully saturated rings. The SMILES string of the molecule is O=C(NCC1(N2CCOCC2)CCCCC1)C1CCN(C(=O)c2ccco2)CC1. The molecule has 1 saturated carbocycles. The third kappa shape index (κ3) is 4.67. The van der Waals surface area contributed by atoms with Crippen LogP contribution in [-0.2, 0) is 9.53 Å². The van der Waals surface area contributed by atoms with Crippen molar-refractivity contribution in [2.75, 3.05) is 45.9 Å². The topological polar surface area (TPSA) is 75.0 Å². The number of furan rings is 1. The van der Waals surface area contributed by atoms with E-state index in [0.29, 0.717) is 31.7 Å². The van der Waals surface area contributed by atoms with Gasteiger partial charge in [0.1, 0.15) is 0 Å². The highest BCUT2D eigenvalue weighted by molar-refractivity contribution is 5.91. The zero-order valence-electron chi connectivity index (χ0n) is 17.2.